The fourth-order valence-corrected chi connectivity index (χ4v) is 4.22. The lowest BCUT2D eigenvalue weighted by molar-refractivity contribution is 0.0694. The maximum atomic E-state index is 13.3. The van der Waals surface area contributed by atoms with E-state index < -0.39 is 5.97 Å². The van der Waals surface area contributed by atoms with Gasteiger partial charge in [0, 0.05) is 18.8 Å². The van der Waals surface area contributed by atoms with Crippen LogP contribution in [0.2, 0.25) is 0 Å². The van der Waals surface area contributed by atoms with E-state index >= 15 is 0 Å². The van der Waals surface area contributed by atoms with Crippen molar-refractivity contribution in [2.24, 2.45) is 0 Å². The second-order valence-electron chi connectivity index (χ2n) is 6.87. The molecule has 2 aliphatic rings. The van der Waals surface area contributed by atoms with Crippen molar-refractivity contribution >= 4 is 11.9 Å². The number of hydrogen-bond acceptors (Lipinski definition) is 2. The van der Waals surface area contributed by atoms with Gasteiger partial charge in [-0.15, -0.1) is 0 Å². The summed E-state index contributed by atoms with van der Waals surface area (Å²) in [7, 11) is 0. The van der Waals surface area contributed by atoms with E-state index in [-0.39, 0.29) is 11.9 Å². The fraction of sp³-hybridized carbons (Fsp3) is 0.400. The number of carbonyl (C=O) groups is 2. The predicted molar refractivity (Wildman–Crippen MR) is 93.8 cm³/mol. The highest BCUT2D eigenvalue weighted by atomic mass is 16.4. The van der Waals surface area contributed by atoms with Gasteiger partial charge in [-0.1, -0.05) is 30.3 Å². The number of carboxylic acids is 1. The van der Waals surface area contributed by atoms with E-state index in [0.29, 0.717) is 11.3 Å². The molecule has 1 unspecified atom stereocenters. The van der Waals surface area contributed by atoms with Crippen LogP contribution in [0.25, 0.3) is 0 Å². The minimum absolute atomic E-state index is 0.0398. The molecule has 1 aromatic heterocycles. The van der Waals surface area contributed by atoms with Crippen molar-refractivity contribution in [3.8, 4) is 0 Å². The Morgan fingerprint density at radius 2 is 1.84 bits per heavy atom. The molecule has 0 radical (unpaired) electrons. The lowest BCUT2D eigenvalue weighted by Gasteiger charge is -2.26. The molecule has 1 N–H and O–H groups in total. The number of carboxylic acid groups (broad SMARTS) is 1. The summed E-state index contributed by atoms with van der Waals surface area (Å²) in [5.41, 5.74) is 2.78. The summed E-state index contributed by atoms with van der Waals surface area (Å²) in [6.07, 6.45) is 4.63. The largest absolute Gasteiger partial charge is 0.478 e. The molecule has 2 aliphatic heterocycles. The molecule has 0 bridgehead atoms. The zero-order valence-electron chi connectivity index (χ0n) is 14.1. The lowest BCUT2D eigenvalue weighted by atomic mass is 10.0. The summed E-state index contributed by atoms with van der Waals surface area (Å²) >= 11 is 0. The number of rotatable bonds is 3. The summed E-state index contributed by atoms with van der Waals surface area (Å²) in [6.45, 7) is 1.45. The molecular formula is C20H22N2O3. The number of aromatic carboxylic acids is 1. The number of hydrogen-bond donors (Lipinski definition) is 1. The first-order chi connectivity index (χ1) is 12.2. The predicted octanol–water partition coefficient (Wildman–Crippen LogP) is 3.50. The highest BCUT2D eigenvalue weighted by molar-refractivity contribution is 5.98. The van der Waals surface area contributed by atoms with Crippen LogP contribution in [0.5, 0.6) is 0 Å². The SMILES string of the molecule is O=C(O)c1cc(C(=O)N2CCCC2c2ccccc2)n2c1CCCC2. The molecule has 1 atom stereocenters. The third-order valence-electron chi connectivity index (χ3n) is 5.40. The van der Waals surface area contributed by atoms with E-state index in [2.05, 4.69) is 12.1 Å². The standard InChI is InChI=1S/C20H22N2O3/c23-19(22-12-6-10-16(22)14-7-2-1-3-8-14)18-13-15(20(24)25)17-9-4-5-11-21(17)18/h1-3,7-8,13,16H,4-6,9-12H2,(H,24,25). The Bertz CT molecular complexity index is 810. The van der Waals surface area contributed by atoms with Crippen LogP contribution in [-0.2, 0) is 13.0 Å². The summed E-state index contributed by atoms with van der Waals surface area (Å²) in [5, 5.41) is 9.49. The van der Waals surface area contributed by atoms with Crippen LogP contribution in [0, 0.1) is 0 Å². The Morgan fingerprint density at radius 1 is 1.04 bits per heavy atom. The van der Waals surface area contributed by atoms with Crippen LogP contribution in [0.4, 0.5) is 0 Å². The highest BCUT2D eigenvalue weighted by Gasteiger charge is 2.34. The van der Waals surface area contributed by atoms with E-state index in [9.17, 15) is 14.7 Å². The fourth-order valence-electron chi connectivity index (χ4n) is 4.22. The maximum Gasteiger partial charge on any atom is 0.337 e. The van der Waals surface area contributed by atoms with E-state index in [0.717, 1.165) is 56.5 Å². The smallest absolute Gasteiger partial charge is 0.337 e. The minimum Gasteiger partial charge on any atom is -0.478 e. The van der Waals surface area contributed by atoms with Gasteiger partial charge in [-0.3, -0.25) is 4.79 Å². The van der Waals surface area contributed by atoms with Crippen molar-refractivity contribution in [1.82, 2.24) is 9.47 Å². The van der Waals surface area contributed by atoms with E-state index in [1.165, 1.54) is 0 Å². The number of fused-ring (bicyclic) bond motifs is 1. The Hall–Kier alpha value is -2.56. The molecule has 0 saturated carbocycles. The number of aromatic nitrogens is 1. The van der Waals surface area contributed by atoms with Crippen molar-refractivity contribution in [2.75, 3.05) is 6.54 Å². The van der Waals surface area contributed by atoms with Crippen LogP contribution in [0.1, 0.15) is 63.8 Å². The number of nitrogens with zero attached hydrogens (tertiary/aromatic N) is 2. The average molecular weight is 338 g/mol. The first-order valence-corrected chi connectivity index (χ1v) is 8.98. The van der Waals surface area contributed by atoms with Crippen LogP contribution < -0.4 is 0 Å². The first kappa shape index (κ1) is 15.9. The highest BCUT2D eigenvalue weighted by Crippen LogP contribution is 2.34. The molecule has 2 aromatic rings. The summed E-state index contributed by atoms with van der Waals surface area (Å²) in [5.74, 6) is -0.979. The second-order valence-corrected chi connectivity index (χ2v) is 6.87. The van der Waals surface area contributed by atoms with Gasteiger partial charge in [0.1, 0.15) is 5.69 Å². The van der Waals surface area contributed by atoms with E-state index in [1.807, 2.05) is 27.7 Å². The van der Waals surface area contributed by atoms with Crippen LogP contribution in [0.15, 0.2) is 36.4 Å². The Morgan fingerprint density at radius 3 is 2.60 bits per heavy atom. The van der Waals surface area contributed by atoms with Gasteiger partial charge in [0.15, 0.2) is 0 Å². The van der Waals surface area contributed by atoms with Crippen LogP contribution >= 0.6 is 0 Å². The normalized spacial score (nSPS) is 19.7. The second kappa shape index (κ2) is 6.39. The van der Waals surface area contributed by atoms with Gasteiger partial charge in [0.25, 0.3) is 5.91 Å². The van der Waals surface area contributed by atoms with Crippen molar-refractivity contribution in [3.05, 3.63) is 58.9 Å². The quantitative estimate of drug-likeness (QED) is 0.932. The molecule has 5 nitrogen and oxygen atoms in total. The molecule has 1 amide bonds. The molecule has 5 heteroatoms. The molecular weight excluding hydrogens is 316 g/mol. The molecule has 1 aromatic carbocycles. The van der Waals surface area contributed by atoms with Gasteiger partial charge < -0.3 is 14.6 Å². The van der Waals surface area contributed by atoms with Crippen molar-refractivity contribution < 1.29 is 14.7 Å². The van der Waals surface area contributed by atoms with Gasteiger partial charge in [-0.25, -0.2) is 4.79 Å². The third kappa shape index (κ3) is 2.73. The molecule has 25 heavy (non-hydrogen) atoms. The summed E-state index contributed by atoms with van der Waals surface area (Å²) in [4.78, 5) is 26.7. The van der Waals surface area contributed by atoms with Crippen molar-refractivity contribution in [3.63, 3.8) is 0 Å². The average Bonchev–Trinajstić information content (AvgIpc) is 3.27. The molecule has 0 spiro atoms. The molecule has 4 rings (SSSR count). The molecule has 0 aliphatic carbocycles. The first-order valence-electron chi connectivity index (χ1n) is 8.98. The van der Waals surface area contributed by atoms with Crippen LogP contribution in [-0.4, -0.2) is 33.0 Å². The Balaban J connectivity index is 1.70. The van der Waals surface area contributed by atoms with E-state index in [1.54, 1.807) is 6.07 Å². The number of carbonyl (C=O) groups excluding carboxylic acids is 1. The Kier molecular flexibility index (Phi) is 4.07. The van der Waals surface area contributed by atoms with Gasteiger partial charge in [-0.05, 0) is 43.7 Å². The molecule has 130 valence electrons. The van der Waals surface area contributed by atoms with Gasteiger partial charge in [0.2, 0.25) is 0 Å². The van der Waals surface area contributed by atoms with Crippen molar-refractivity contribution in [2.45, 2.75) is 44.7 Å². The number of benzene rings is 1. The lowest BCUT2D eigenvalue weighted by Crippen LogP contribution is -2.32. The summed E-state index contributed by atoms with van der Waals surface area (Å²) in [6, 6.07) is 11.8. The van der Waals surface area contributed by atoms with Crippen molar-refractivity contribution in [1.29, 1.82) is 0 Å². The topological polar surface area (TPSA) is 62.5 Å². The van der Waals surface area contributed by atoms with E-state index in [4.69, 9.17) is 0 Å². The van der Waals surface area contributed by atoms with Gasteiger partial charge in [-0.2, -0.15) is 0 Å². The zero-order chi connectivity index (χ0) is 17.4. The Labute approximate surface area is 146 Å². The maximum absolute atomic E-state index is 13.3. The third-order valence-corrected chi connectivity index (χ3v) is 5.40. The summed E-state index contributed by atoms with van der Waals surface area (Å²) < 4.78 is 1.94. The minimum atomic E-state index is -0.939. The number of likely N-dealkylation sites (tertiary alicyclic amines) is 1. The monoisotopic (exact) mass is 338 g/mol. The number of amides is 1. The van der Waals surface area contributed by atoms with Crippen LogP contribution in [0.3, 0.4) is 0 Å². The van der Waals surface area contributed by atoms with Gasteiger partial charge in [0.05, 0.1) is 11.6 Å². The zero-order valence-corrected chi connectivity index (χ0v) is 14.1. The van der Waals surface area contributed by atoms with Gasteiger partial charge >= 0.3 is 5.97 Å². The molecule has 1 saturated heterocycles. The molecule has 1 fully saturated rings. The molecule has 3 heterocycles.